The lowest BCUT2D eigenvalue weighted by Crippen LogP contribution is -2.29. The molecule has 1 aromatic heterocycles. The van der Waals surface area contributed by atoms with Gasteiger partial charge in [-0.1, -0.05) is 6.08 Å². The molecule has 0 spiro atoms. The van der Waals surface area contributed by atoms with Gasteiger partial charge in [-0.2, -0.15) is 5.26 Å². The van der Waals surface area contributed by atoms with E-state index in [0.29, 0.717) is 25.3 Å². The maximum Gasteiger partial charge on any atom is 0.165 e. The summed E-state index contributed by atoms with van der Waals surface area (Å²) in [5, 5.41) is 8.68. The summed E-state index contributed by atoms with van der Waals surface area (Å²) in [4.78, 5) is 5.82. The minimum atomic E-state index is -0.314. The third-order valence-corrected chi connectivity index (χ3v) is 2.39. The predicted molar refractivity (Wildman–Crippen MR) is 54.7 cm³/mol. The highest BCUT2D eigenvalue weighted by Crippen LogP contribution is 2.19. The first-order chi connectivity index (χ1) is 7.31. The summed E-state index contributed by atoms with van der Waals surface area (Å²) in [6.45, 7) is 1.20. The van der Waals surface area contributed by atoms with Gasteiger partial charge in [0.05, 0.1) is 6.07 Å². The largest absolute Gasteiger partial charge is 0.350 e. The Hall–Kier alpha value is -1.89. The Morgan fingerprint density at radius 1 is 1.53 bits per heavy atom. The maximum absolute atomic E-state index is 13.4. The number of hydrogen-bond acceptors (Lipinski definition) is 3. The zero-order valence-corrected chi connectivity index (χ0v) is 8.15. The second kappa shape index (κ2) is 4.09. The molecule has 2 heterocycles. The van der Waals surface area contributed by atoms with Gasteiger partial charge in [0.15, 0.2) is 11.6 Å². The van der Waals surface area contributed by atoms with Crippen molar-refractivity contribution in [3.8, 4) is 6.07 Å². The topological polar surface area (TPSA) is 39.9 Å². The lowest BCUT2D eigenvalue weighted by Gasteiger charge is -2.25. The lowest BCUT2D eigenvalue weighted by atomic mass is 10.1. The van der Waals surface area contributed by atoms with Crippen molar-refractivity contribution in [2.24, 2.45) is 0 Å². The van der Waals surface area contributed by atoms with Crippen LogP contribution >= 0.6 is 0 Å². The molecule has 0 atom stereocenters. The van der Waals surface area contributed by atoms with Crippen LogP contribution in [0.15, 0.2) is 30.0 Å². The van der Waals surface area contributed by atoms with E-state index >= 15 is 0 Å². The zero-order valence-electron chi connectivity index (χ0n) is 8.15. The highest BCUT2D eigenvalue weighted by Gasteiger charge is 2.15. The molecular weight excluding hydrogens is 193 g/mol. The second-order valence-corrected chi connectivity index (χ2v) is 3.35. The van der Waals surface area contributed by atoms with Gasteiger partial charge >= 0.3 is 0 Å². The molecule has 76 valence electrons. The van der Waals surface area contributed by atoms with Crippen LogP contribution in [0.3, 0.4) is 0 Å². The zero-order chi connectivity index (χ0) is 10.7. The van der Waals surface area contributed by atoms with Crippen molar-refractivity contribution in [3.05, 3.63) is 35.8 Å². The Labute approximate surface area is 87.5 Å². The Balaban J connectivity index is 2.19. The summed E-state index contributed by atoms with van der Waals surface area (Å²) in [5.41, 5.74) is 0.766. The van der Waals surface area contributed by atoms with Crippen LogP contribution in [0.5, 0.6) is 0 Å². The Kier molecular flexibility index (Phi) is 2.64. The first-order valence-electron chi connectivity index (χ1n) is 4.76. The summed E-state index contributed by atoms with van der Waals surface area (Å²) >= 11 is 0. The molecule has 1 aromatic rings. The Morgan fingerprint density at radius 2 is 2.40 bits per heavy atom. The standard InChI is InChI=1S/C11H10FN3/c12-10-2-1-5-14-11(10)15-6-3-9(8-13)4-7-15/h1-3,5H,4,6-7H2. The van der Waals surface area contributed by atoms with Crippen molar-refractivity contribution in [2.75, 3.05) is 18.0 Å². The van der Waals surface area contributed by atoms with E-state index in [1.54, 1.807) is 12.3 Å². The van der Waals surface area contributed by atoms with Gasteiger partial charge in [-0.3, -0.25) is 0 Å². The van der Waals surface area contributed by atoms with Crippen LogP contribution in [-0.2, 0) is 0 Å². The van der Waals surface area contributed by atoms with Gasteiger partial charge in [-0.15, -0.1) is 0 Å². The molecular formula is C11H10FN3. The number of anilines is 1. The molecule has 0 saturated carbocycles. The third-order valence-electron chi connectivity index (χ3n) is 2.39. The number of rotatable bonds is 1. The smallest absolute Gasteiger partial charge is 0.165 e. The van der Waals surface area contributed by atoms with Gasteiger partial charge < -0.3 is 4.90 Å². The summed E-state index contributed by atoms with van der Waals surface area (Å²) in [7, 11) is 0. The second-order valence-electron chi connectivity index (χ2n) is 3.35. The van der Waals surface area contributed by atoms with Gasteiger partial charge in [-0.25, -0.2) is 9.37 Å². The fourth-order valence-electron chi connectivity index (χ4n) is 1.57. The van der Waals surface area contributed by atoms with Crippen molar-refractivity contribution in [3.63, 3.8) is 0 Å². The molecule has 0 N–H and O–H groups in total. The molecule has 1 aliphatic rings. The number of aromatic nitrogens is 1. The van der Waals surface area contributed by atoms with E-state index in [2.05, 4.69) is 11.1 Å². The van der Waals surface area contributed by atoms with Gasteiger partial charge in [-0.05, 0) is 18.6 Å². The summed E-state index contributed by atoms with van der Waals surface area (Å²) in [6.07, 6.45) is 4.05. The van der Waals surface area contributed by atoms with E-state index in [-0.39, 0.29) is 5.82 Å². The van der Waals surface area contributed by atoms with Crippen LogP contribution in [0.2, 0.25) is 0 Å². The number of nitrogens with zero attached hydrogens (tertiary/aromatic N) is 3. The van der Waals surface area contributed by atoms with Crippen molar-refractivity contribution in [1.29, 1.82) is 5.26 Å². The molecule has 0 unspecified atom stereocenters. The van der Waals surface area contributed by atoms with Crippen LogP contribution in [0.4, 0.5) is 10.2 Å². The minimum absolute atomic E-state index is 0.314. The van der Waals surface area contributed by atoms with E-state index in [9.17, 15) is 4.39 Å². The van der Waals surface area contributed by atoms with Gasteiger partial charge in [0.2, 0.25) is 0 Å². The summed E-state index contributed by atoms with van der Waals surface area (Å²) < 4.78 is 13.4. The molecule has 0 fully saturated rings. The molecule has 0 aromatic carbocycles. The number of halogens is 1. The van der Waals surface area contributed by atoms with Crippen LogP contribution in [0.1, 0.15) is 6.42 Å². The molecule has 3 nitrogen and oxygen atoms in total. The number of pyridine rings is 1. The highest BCUT2D eigenvalue weighted by atomic mass is 19.1. The predicted octanol–water partition coefficient (Wildman–Crippen LogP) is 1.88. The molecule has 4 heteroatoms. The van der Waals surface area contributed by atoms with Crippen LogP contribution in [0.25, 0.3) is 0 Å². The monoisotopic (exact) mass is 203 g/mol. The number of hydrogen-bond donors (Lipinski definition) is 0. The van der Waals surface area contributed by atoms with E-state index < -0.39 is 0 Å². The molecule has 0 radical (unpaired) electrons. The summed E-state index contributed by atoms with van der Waals surface area (Å²) in [6, 6.07) is 5.07. The first kappa shape index (κ1) is 9.66. The SMILES string of the molecule is N#CC1=CCN(c2ncccc2F)CC1. The van der Waals surface area contributed by atoms with Crippen molar-refractivity contribution in [2.45, 2.75) is 6.42 Å². The van der Waals surface area contributed by atoms with Crippen molar-refractivity contribution < 1.29 is 4.39 Å². The van der Waals surface area contributed by atoms with Gasteiger partial charge in [0.1, 0.15) is 0 Å². The van der Waals surface area contributed by atoms with Crippen molar-refractivity contribution in [1.82, 2.24) is 4.98 Å². The van der Waals surface area contributed by atoms with Gasteiger partial charge in [0, 0.05) is 24.9 Å². The molecule has 1 aliphatic heterocycles. The third kappa shape index (κ3) is 1.96. The Morgan fingerprint density at radius 3 is 3.00 bits per heavy atom. The average molecular weight is 203 g/mol. The lowest BCUT2D eigenvalue weighted by molar-refractivity contribution is 0.609. The van der Waals surface area contributed by atoms with E-state index in [0.717, 1.165) is 5.57 Å². The molecule has 0 saturated heterocycles. The molecule has 0 amide bonds. The van der Waals surface area contributed by atoms with E-state index in [4.69, 9.17) is 5.26 Å². The fraction of sp³-hybridized carbons (Fsp3) is 0.273. The molecule has 2 rings (SSSR count). The van der Waals surface area contributed by atoms with Gasteiger partial charge in [0.25, 0.3) is 0 Å². The van der Waals surface area contributed by atoms with Crippen molar-refractivity contribution >= 4 is 5.82 Å². The molecule has 0 aliphatic carbocycles. The fourth-order valence-corrected chi connectivity index (χ4v) is 1.57. The Bertz CT molecular complexity index is 434. The van der Waals surface area contributed by atoms with E-state index in [1.165, 1.54) is 6.07 Å². The first-order valence-corrected chi connectivity index (χ1v) is 4.76. The summed E-state index contributed by atoms with van der Waals surface area (Å²) in [5.74, 6) is 0.0528. The van der Waals surface area contributed by atoms with Crippen LogP contribution in [-0.4, -0.2) is 18.1 Å². The molecule has 0 bridgehead atoms. The average Bonchev–Trinajstić information content (AvgIpc) is 2.30. The highest BCUT2D eigenvalue weighted by molar-refractivity contribution is 5.43. The van der Waals surface area contributed by atoms with E-state index in [1.807, 2.05) is 11.0 Å². The normalized spacial score (nSPS) is 15.7. The molecule has 15 heavy (non-hydrogen) atoms. The number of nitriles is 1. The maximum atomic E-state index is 13.4. The quantitative estimate of drug-likeness (QED) is 0.699. The van der Waals surface area contributed by atoms with Crippen LogP contribution in [0, 0.1) is 17.1 Å². The minimum Gasteiger partial charge on any atom is -0.350 e. The van der Waals surface area contributed by atoms with Crippen LogP contribution < -0.4 is 4.90 Å².